The summed E-state index contributed by atoms with van der Waals surface area (Å²) in [5.74, 6) is 2.37. The van der Waals surface area contributed by atoms with Crippen molar-refractivity contribution in [3.63, 3.8) is 0 Å². The van der Waals surface area contributed by atoms with Crippen molar-refractivity contribution in [1.82, 2.24) is 9.97 Å². The van der Waals surface area contributed by atoms with Crippen LogP contribution < -0.4 is 15.5 Å². The highest BCUT2D eigenvalue weighted by Crippen LogP contribution is 2.24. The van der Waals surface area contributed by atoms with E-state index in [1.54, 1.807) is 0 Å². The molecule has 0 unspecified atom stereocenters. The number of hydrogen-bond donors (Lipinski definition) is 2. The summed E-state index contributed by atoms with van der Waals surface area (Å²) in [5, 5.41) is 6.37. The molecule has 1 aromatic heterocycles. The SMILES string of the molecule is CNc1cc(Nc2ccc(N3CCCC3)cc2)nc(C)n1. The average Bonchev–Trinajstić information content (AvgIpc) is 3.01. The Balaban J connectivity index is 1.74. The lowest BCUT2D eigenvalue weighted by molar-refractivity contribution is 0.949. The summed E-state index contributed by atoms with van der Waals surface area (Å²) in [6, 6.07) is 10.4. The van der Waals surface area contributed by atoms with E-state index in [1.165, 1.54) is 31.6 Å². The molecule has 0 amide bonds. The van der Waals surface area contributed by atoms with Crippen LogP contribution in [-0.2, 0) is 0 Å². The standard InChI is InChI=1S/C16H21N5/c1-12-18-15(17-2)11-16(19-12)20-13-5-7-14(8-6-13)21-9-3-4-10-21/h5-8,11H,3-4,9-10H2,1-2H3,(H2,17,18,19,20). The molecule has 0 atom stereocenters. The summed E-state index contributed by atoms with van der Waals surface area (Å²) >= 11 is 0. The van der Waals surface area contributed by atoms with E-state index in [-0.39, 0.29) is 0 Å². The highest BCUT2D eigenvalue weighted by atomic mass is 15.1. The molecular weight excluding hydrogens is 262 g/mol. The van der Waals surface area contributed by atoms with Crippen LogP contribution in [0.15, 0.2) is 30.3 Å². The smallest absolute Gasteiger partial charge is 0.136 e. The second-order valence-corrected chi connectivity index (χ2v) is 5.30. The molecule has 0 aliphatic carbocycles. The number of aryl methyl sites for hydroxylation is 1. The minimum atomic E-state index is 0.748. The third kappa shape index (κ3) is 3.24. The van der Waals surface area contributed by atoms with E-state index in [2.05, 4.69) is 49.8 Å². The van der Waals surface area contributed by atoms with Gasteiger partial charge >= 0.3 is 0 Å². The molecule has 2 heterocycles. The van der Waals surface area contributed by atoms with Crippen molar-refractivity contribution in [1.29, 1.82) is 0 Å². The number of rotatable bonds is 4. The number of aromatic nitrogens is 2. The van der Waals surface area contributed by atoms with Crippen molar-refractivity contribution in [3.05, 3.63) is 36.2 Å². The fourth-order valence-corrected chi connectivity index (χ4v) is 2.64. The lowest BCUT2D eigenvalue weighted by Crippen LogP contribution is -2.17. The molecule has 21 heavy (non-hydrogen) atoms. The predicted molar refractivity (Wildman–Crippen MR) is 87.5 cm³/mol. The van der Waals surface area contributed by atoms with Gasteiger partial charge in [-0.05, 0) is 44.0 Å². The monoisotopic (exact) mass is 283 g/mol. The van der Waals surface area contributed by atoms with Crippen molar-refractivity contribution in [3.8, 4) is 0 Å². The number of nitrogens with zero attached hydrogens (tertiary/aromatic N) is 3. The Kier molecular flexibility index (Phi) is 3.90. The van der Waals surface area contributed by atoms with Gasteiger partial charge in [0, 0.05) is 37.6 Å². The van der Waals surface area contributed by atoms with Crippen LogP contribution in [0.1, 0.15) is 18.7 Å². The van der Waals surface area contributed by atoms with E-state index >= 15 is 0 Å². The second kappa shape index (κ2) is 5.99. The van der Waals surface area contributed by atoms with Crippen LogP contribution in [-0.4, -0.2) is 30.1 Å². The van der Waals surface area contributed by atoms with Gasteiger partial charge < -0.3 is 15.5 Å². The number of benzene rings is 1. The molecule has 0 bridgehead atoms. The van der Waals surface area contributed by atoms with Gasteiger partial charge in [0.2, 0.25) is 0 Å². The first-order valence-corrected chi connectivity index (χ1v) is 7.40. The third-order valence-corrected chi connectivity index (χ3v) is 3.71. The van der Waals surface area contributed by atoms with Crippen LogP contribution in [0.5, 0.6) is 0 Å². The van der Waals surface area contributed by atoms with Gasteiger partial charge in [-0.2, -0.15) is 0 Å². The zero-order valence-electron chi connectivity index (χ0n) is 12.6. The molecule has 3 rings (SSSR count). The Morgan fingerprint density at radius 1 is 1.00 bits per heavy atom. The van der Waals surface area contributed by atoms with Gasteiger partial charge in [0.05, 0.1) is 0 Å². The Morgan fingerprint density at radius 3 is 2.33 bits per heavy atom. The molecule has 1 saturated heterocycles. The van der Waals surface area contributed by atoms with E-state index in [9.17, 15) is 0 Å². The van der Waals surface area contributed by atoms with Crippen molar-refractivity contribution >= 4 is 23.0 Å². The van der Waals surface area contributed by atoms with Gasteiger partial charge in [-0.15, -0.1) is 0 Å². The third-order valence-electron chi connectivity index (χ3n) is 3.71. The molecule has 1 fully saturated rings. The average molecular weight is 283 g/mol. The van der Waals surface area contributed by atoms with E-state index in [1.807, 2.05) is 20.0 Å². The maximum absolute atomic E-state index is 4.40. The van der Waals surface area contributed by atoms with Crippen LogP contribution in [0.25, 0.3) is 0 Å². The Labute approximate surface area is 125 Å². The molecule has 1 aliphatic heterocycles. The van der Waals surface area contributed by atoms with Gasteiger partial charge in [0.1, 0.15) is 17.5 Å². The first-order valence-electron chi connectivity index (χ1n) is 7.40. The summed E-state index contributed by atoms with van der Waals surface area (Å²) in [4.78, 5) is 11.1. The Morgan fingerprint density at radius 2 is 1.67 bits per heavy atom. The minimum absolute atomic E-state index is 0.748. The maximum atomic E-state index is 4.40. The Bertz CT molecular complexity index is 603. The first kappa shape index (κ1) is 13.7. The van der Waals surface area contributed by atoms with Gasteiger partial charge in [-0.3, -0.25) is 0 Å². The van der Waals surface area contributed by atoms with Crippen LogP contribution in [0, 0.1) is 6.92 Å². The largest absolute Gasteiger partial charge is 0.373 e. The van der Waals surface area contributed by atoms with E-state index in [4.69, 9.17) is 0 Å². The summed E-state index contributed by atoms with van der Waals surface area (Å²) in [6.07, 6.45) is 2.60. The normalized spacial score (nSPS) is 14.3. The van der Waals surface area contributed by atoms with Gasteiger partial charge in [0.25, 0.3) is 0 Å². The highest BCUT2D eigenvalue weighted by molar-refractivity contribution is 5.62. The van der Waals surface area contributed by atoms with Gasteiger partial charge in [0.15, 0.2) is 0 Å². The van der Waals surface area contributed by atoms with E-state index < -0.39 is 0 Å². The zero-order valence-corrected chi connectivity index (χ0v) is 12.6. The summed E-state index contributed by atoms with van der Waals surface area (Å²) in [5.41, 5.74) is 2.34. The molecular formula is C16H21N5. The fraction of sp³-hybridized carbons (Fsp3) is 0.375. The molecule has 0 saturated carbocycles. The Hall–Kier alpha value is -2.30. The molecule has 5 heteroatoms. The van der Waals surface area contributed by atoms with Gasteiger partial charge in [-0.1, -0.05) is 0 Å². The maximum Gasteiger partial charge on any atom is 0.136 e. The quantitative estimate of drug-likeness (QED) is 0.902. The topological polar surface area (TPSA) is 53.1 Å². The molecule has 1 aromatic carbocycles. The molecule has 0 spiro atoms. The molecule has 2 aromatic rings. The molecule has 0 radical (unpaired) electrons. The van der Waals surface area contributed by atoms with Crippen LogP contribution in [0.3, 0.4) is 0 Å². The van der Waals surface area contributed by atoms with Crippen LogP contribution in [0.4, 0.5) is 23.0 Å². The van der Waals surface area contributed by atoms with E-state index in [0.717, 1.165) is 23.1 Å². The fourth-order valence-electron chi connectivity index (χ4n) is 2.64. The van der Waals surface area contributed by atoms with Crippen molar-refractivity contribution in [2.24, 2.45) is 0 Å². The minimum Gasteiger partial charge on any atom is -0.373 e. The van der Waals surface area contributed by atoms with Crippen LogP contribution in [0.2, 0.25) is 0 Å². The van der Waals surface area contributed by atoms with Crippen molar-refractivity contribution in [2.45, 2.75) is 19.8 Å². The molecule has 5 nitrogen and oxygen atoms in total. The predicted octanol–water partition coefficient (Wildman–Crippen LogP) is 3.17. The highest BCUT2D eigenvalue weighted by Gasteiger charge is 2.11. The number of hydrogen-bond acceptors (Lipinski definition) is 5. The molecule has 1 aliphatic rings. The van der Waals surface area contributed by atoms with Crippen molar-refractivity contribution < 1.29 is 0 Å². The second-order valence-electron chi connectivity index (χ2n) is 5.30. The number of anilines is 4. The lowest BCUT2D eigenvalue weighted by Gasteiger charge is -2.18. The van der Waals surface area contributed by atoms with Gasteiger partial charge in [-0.25, -0.2) is 9.97 Å². The van der Waals surface area contributed by atoms with E-state index in [0.29, 0.717) is 0 Å². The molecule has 110 valence electrons. The number of nitrogens with one attached hydrogen (secondary N) is 2. The van der Waals surface area contributed by atoms with Crippen LogP contribution >= 0.6 is 0 Å². The summed E-state index contributed by atoms with van der Waals surface area (Å²) < 4.78 is 0. The van der Waals surface area contributed by atoms with Crippen molar-refractivity contribution in [2.75, 3.05) is 35.7 Å². The first-order chi connectivity index (χ1) is 10.2. The summed E-state index contributed by atoms with van der Waals surface area (Å²) in [7, 11) is 1.86. The molecule has 2 N–H and O–H groups in total. The summed E-state index contributed by atoms with van der Waals surface area (Å²) in [6.45, 7) is 4.23. The lowest BCUT2D eigenvalue weighted by atomic mass is 10.2. The zero-order chi connectivity index (χ0) is 14.7.